The Labute approximate surface area is 281 Å². The third kappa shape index (κ3) is 10.9. The van der Waals surface area contributed by atoms with Gasteiger partial charge in [-0.15, -0.1) is 9.80 Å². The minimum absolute atomic E-state index is 0.0411. The Morgan fingerprint density at radius 1 is 0.617 bits per heavy atom. The van der Waals surface area contributed by atoms with Gasteiger partial charge in [0.2, 0.25) is 0 Å². The number of hydrogen-bond acceptors (Lipinski definition) is 6. The number of unbranched alkanes of at least 4 members (excludes halogenated alkanes) is 7. The van der Waals surface area contributed by atoms with E-state index < -0.39 is 30.3 Å². The summed E-state index contributed by atoms with van der Waals surface area (Å²) in [4.78, 5) is 25.3. The number of hydrogen-bond donors (Lipinski definition) is 2. The van der Waals surface area contributed by atoms with Crippen LogP contribution in [-0.4, -0.2) is 62.0 Å². The van der Waals surface area contributed by atoms with E-state index in [2.05, 4.69) is 96.9 Å². The number of rotatable bonds is 16. The molecule has 0 aromatic heterocycles. The van der Waals surface area contributed by atoms with Gasteiger partial charge in [0, 0.05) is 22.3 Å². The van der Waals surface area contributed by atoms with Crippen molar-refractivity contribution >= 4 is 50.4 Å². The zero-order valence-electron chi connectivity index (χ0n) is 27.7. The maximum Gasteiger partial charge on any atom is 0.188 e. The molecule has 252 valence electrons. The van der Waals surface area contributed by atoms with Gasteiger partial charge < -0.3 is 14.8 Å². The summed E-state index contributed by atoms with van der Waals surface area (Å²) in [5.41, 5.74) is 1.02. The Morgan fingerprint density at radius 2 is 0.957 bits per heavy atom. The van der Waals surface area contributed by atoms with Crippen molar-refractivity contribution in [2.24, 2.45) is 0 Å². The van der Waals surface area contributed by atoms with Crippen LogP contribution in [0.25, 0.3) is 0 Å². The number of Topliss-reactive ketones (excluding diaryl/α,β-unsaturated/α-hetero) is 2. The zero-order valence-corrected chi connectivity index (χ0v) is 29.4. The molecule has 47 heavy (non-hydrogen) atoms. The Kier molecular flexibility index (Phi) is 15.4. The van der Waals surface area contributed by atoms with Crippen LogP contribution in [0.1, 0.15) is 64.7 Å². The number of ketones is 2. The third-order valence-corrected chi connectivity index (χ3v) is 13.1. The maximum atomic E-state index is 12.8. The van der Waals surface area contributed by atoms with Gasteiger partial charge in [-0.2, -0.15) is 0 Å². The summed E-state index contributed by atoms with van der Waals surface area (Å²) in [5.74, 6) is 2.15. The van der Waals surface area contributed by atoms with E-state index >= 15 is 0 Å². The van der Waals surface area contributed by atoms with E-state index in [1.54, 1.807) is 6.92 Å². The van der Waals surface area contributed by atoms with Crippen LogP contribution in [0.15, 0.2) is 113 Å². The molecule has 4 rings (SSSR count). The van der Waals surface area contributed by atoms with Crippen LogP contribution in [0.2, 0.25) is 0 Å². The largest absolute Gasteiger partial charge is 0.778 e. The van der Waals surface area contributed by atoms with Crippen LogP contribution in [0.3, 0.4) is 0 Å². The first kappa shape index (κ1) is 38.3. The highest BCUT2D eigenvalue weighted by molar-refractivity contribution is 7.95. The number of aliphatic hydroxyl groups excluding tert-OH is 2. The Hall–Kier alpha value is -3.19. The van der Waals surface area contributed by atoms with Crippen molar-refractivity contribution in [3.63, 3.8) is 0 Å². The summed E-state index contributed by atoms with van der Waals surface area (Å²) >= 11 is 0. The minimum Gasteiger partial charge on any atom is -0.778 e. The van der Waals surface area contributed by atoms with Crippen molar-refractivity contribution in [3.05, 3.63) is 113 Å². The van der Waals surface area contributed by atoms with Gasteiger partial charge in [0.15, 0.2) is 11.6 Å². The zero-order chi connectivity index (χ0) is 34.3. The van der Waals surface area contributed by atoms with Crippen molar-refractivity contribution in [1.29, 1.82) is 0 Å². The van der Waals surface area contributed by atoms with Gasteiger partial charge in [0.25, 0.3) is 0 Å². The fraction of sp³-hybridized carbons (Fsp3) is 0.359. The molecule has 1 aliphatic carbocycles. The second kappa shape index (κ2) is 19.0. The summed E-state index contributed by atoms with van der Waals surface area (Å²) < 4.78 is 19.0. The molecular formula is C39H49O6PS. The van der Waals surface area contributed by atoms with Crippen molar-refractivity contribution in [2.45, 2.75) is 64.7 Å². The van der Waals surface area contributed by atoms with Crippen LogP contribution < -0.4 is 15.9 Å². The van der Waals surface area contributed by atoms with Crippen molar-refractivity contribution in [2.75, 3.05) is 25.6 Å². The lowest BCUT2D eigenvalue weighted by Crippen LogP contribution is -2.33. The van der Waals surface area contributed by atoms with Crippen molar-refractivity contribution < 1.29 is 28.6 Å². The van der Waals surface area contributed by atoms with E-state index in [-0.39, 0.29) is 22.7 Å². The molecule has 0 saturated heterocycles. The first-order chi connectivity index (χ1) is 22.5. The first-order valence-electron chi connectivity index (χ1n) is 16.4. The monoisotopic (exact) mass is 676 g/mol. The molecule has 1 unspecified atom stereocenters. The van der Waals surface area contributed by atoms with Gasteiger partial charge in [-0.25, -0.2) is 0 Å². The highest BCUT2D eigenvalue weighted by atomic mass is 32.2. The van der Waals surface area contributed by atoms with Crippen LogP contribution in [-0.2, 0) is 19.4 Å². The predicted octanol–water partition coefficient (Wildman–Crippen LogP) is 5.70. The van der Waals surface area contributed by atoms with Gasteiger partial charge >= 0.3 is 0 Å². The molecule has 8 heteroatoms. The third-order valence-electron chi connectivity index (χ3n) is 8.56. The smallest absolute Gasteiger partial charge is 0.188 e. The summed E-state index contributed by atoms with van der Waals surface area (Å²) in [5, 5.41) is 23.4. The summed E-state index contributed by atoms with van der Waals surface area (Å²) in [6.45, 7) is 0.630. The van der Waals surface area contributed by atoms with Crippen LogP contribution in [0, 0.1) is 0 Å². The summed E-state index contributed by atoms with van der Waals surface area (Å²) in [7, 11) is -4.67. The highest BCUT2D eigenvalue weighted by Crippen LogP contribution is 2.56. The molecule has 0 spiro atoms. The fourth-order valence-corrected chi connectivity index (χ4v) is 10.6. The van der Waals surface area contributed by atoms with Crippen molar-refractivity contribution in [1.82, 2.24) is 0 Å². The average Bonchev–Trinajstić information content (AvgIpc) is 3.07. The molecule has 6 nitrogen and oxygen atoms in total. The molecule has 0 saturated carbocycles. The molecule has 3 aromatic carbocycles. The molecule has 0 bridgehead atoms. The maximum absolute atomic E-state index is 12.8. The van der Waals surface area contributed by atoms with E-state index in [1.165, 1.54) is 41.6 Å². The molecule has 0 aliphatic heterocycles. The van der Waals surface area contributed by atoms with Gasteiger partial charge in [-0.05, 0) is 75.3 Å². The molecule has 1 aliphatic rings. The molecule has 0 amide bonds. The number of carbonyl (C=O) groups is 2. The quantitative estimate of drug-likeness (QED) is 0.0871. The first-order valence-corrected chi connectivity index (χ1v) is 20.4. The van der Waals surface area contributed by atoms with E-state index in [0.29, 0.717) is 17.6 Å². The van der Waals surface area contributed by atoms with Crippen LogP contribution in [0.5, 0.6) is 0 Å². The van der Waals surface area contributed by atoms with E-state index in [1.807, 2.05) is 0 Å². The normalized spacial score (nSPS) is 14.9. The van der Waals surface area contributed by atoms with Gasteiger partial charge in [-0.3, -0.25) is 13.8 Å². The number of allylic oxidation sites excluding steroid dienone is 2. The van der Waals surface area contributed by atoms with Crippen LogP contribution >= 0.6 is 7.26 Å². The molecular weight excluding hydrogens is 627 g/mol. The van der Waals surface area contributed by atoms with E-state index in [9.17, 15) is 28.6 Å². The Bertz CT molecular complexity index is 1510. The molecule has 0 heterocycles. The number of benzene rings is 3. The lowest BCUT2D eigenvalue weighted by atomic mass is 9.83. The topological polar surface area (TPSA) is 115 Å². The molecule has 1 atom stereocenters. The number of carbonyl (C=O) groups excluding carboxylic acids is 2. The van der Waals surface area contributed by atoms with Gasteiger partial charge in [0.1, 0.15) is 23.2 Å². The van der Waals surface area contributed by atoms with Gasteiger partial charge in [-0.1, -0.05) is 92.6 Å². The fourth-order valence-electron chi connectivity index (χ4n) is 6.22. The molecule has 3 aromatic rings. The Balaban J connectivity index is 0.00000111. The summed E-state index contributed by atoms with van der Waals surface area (Å²) in [6, 6.07) is 33.2. The second-order valence-electron chi connectivity index (χ2n) is 12.1. The van der Waals surface area contributed by atoms with Crippen LogP contribution in [0.4, 0.5) is 0 Å². The lowest BCUT2D eigenvalue weighted by Gasteiger charge is -2.27. The molecule has 2 N–H and O–H groups in total. The SMILES string of the molecule is C=S(C)(=O)[O-].CC1=C(CCCCCCCCCC[P+](c2ccccc2)(c2ccccc2)c2ccccc2)C(=O)C(CO)=C(CO)C1=O. The lowest BCUT2D eigenvalue weighted by molar-refractivity contribution is -0.117. The second-order valence-corrected chi connectivity index (χ2v) is 17.5. The summed E-state index contributed by atoms with van der Waals surface area (Å²) in [6.07, 6.45) is 11.7. The number of aliphatic hydroxyl groups is 2. The average molecular weight is 677 g/mol. The predicted molar refractivity (Wildman–Crippen MR) is 197 cm³/mol. The highest BCUT2D eigenvalue weighted by Gasteiger charge is 2.44. The standard InChI is InChI=1S/C37H44O4P.C2H6O2S/c1-29-33(37(41)35(28-39)34(27-38)36(29)40)25-17-6-4-2-3-5-7-18-26-42(30-19-11-8-12-20-30,31-21-13-9-14-22-31)32-23-15-10-16-24-32;1-5(2,3)4/h8-16,19-24,38-39H,2-7,17-18,25-28H2,1H3;1H2,2H3,(H,3,4)/q+1;/p-1. The Morgan fingerprint density at radius 3 is 1.34 bits per heavy atom. The van der Waals surface area contributed by atoms with Gasteiger partial charge in [0.05, 0.1) is 19.4 Å². The molecule has 0 fully saturated rings. The minimum atomic E-state index is -2.92. The van der Waals surface area contributed by atoms with E-state index in [4.69, 9.17) is 0 Å². The van der Waals surface area contributed by atoms with E-state index in [0.717, 1.165) is 38.1 Å². The van der Waals surface area contributed by atoms with Crippen molar-refractivity contribution in [3.8, 4) is 0 Å². The molecule has 0 radical (unpaired) electrons.